The van der Waals surface area contributed by atoms with Crippen LogP contribution in [0.2, 0.25) is 0 Å². The standard InChI is InChI=1S/C11H21NO4/c1-4-5-16-12-9(6-8(2)3)10(13)7-11(14)15/h4,8-10,12-13H,1,5-7H2,2-3H3,(H,14,15)/t9-,10-/m0/s1. The third kappa shape index (κ3) is 7.39. The summed E-state index contributed by atoms with van der Waals surface area (Å²) in [6.45, 7) is 7.80. The van der Waals surface area contributed by atoms with Gasteiger partial charge in [-0.05, 0) is 12.3 Å². The first-order valence-electron chi connectivity index (χ1n) is 5.35. The number of hydrogen-bond acceptors (Lipinski definition) is 4. The van der Waals surface area contributed by atoms with E-state index in [1.54, 1.807) is 6.08 Å². The molecule has 0 aromatic carbocycles. The number of carbonyl (C=O) groups is 1. The molecule has 0 unspecified atom stereocenters. The lowest BCUT2D eigenvalue weighted by molar-refractivity contribution is -0.140. The van der Waals surface area contributed by atoms with E-state index in [1.807, 2.05) is 13.8 Å². The molecule has 0 saturated heterocycles. The van der Waals surface area contributed by atoms with Crippen molar-refractivity contribution in [2.75, 3.05) is 6.61 Å². The predicted molar refractivity (Wildman–Crippen MR) is 60.8 cm³/mol. The molecule has 0 radical (unpaired) electrons. The third-order valence-electron chi connectivity index (χ3n) is 2.01. The fourth-order valence-electron chi connectivity index (χ4n) is 1.33. The van der Waals surface area contributed by atoms with Crippen molar-refractivity contribution in [1.82, 2.24) is 5.48 Å². The van der Waals surface area contributed by atoms with Gasteiger partial charge in [-0.3, -0.25) is 9.63 Å². The highest BCUT2D eigenvalue weighted by molar-refractivity contribution is 5.67. The minimum atomic E-state index is -1.02. The molecule has 0 aliphatic rings. The molecule has 0 bridgehead atoms. The second-order valence-electron chi connectivity index (χ2n) is 4.12. The van der Waals surface area contributed by atoms with E-state index in [1.165, 1.54) is 0 Å². The maximum Gasteiger partial charge on any atom is 0.306 e. The van der Waals surface area contributed by atoms with Gasteiger partial charge in [-0.1, -0.05) is 19.9 Å². The molecular formula is C11H21NO4. The van der Waals surface area contributed by atoms with Crippen molar-refractivity contribution in [2.45, 2.75) is 38.8 Å². The van der Waals surface area contributed by atoms with Gasteiger partial charge in [-0.2, -0.15) is 5.48 Å². The van der Waals surface area contributed by atoms with Crippen LogP contribution in [0.3, 0.4) is 0 Å². The average molecular weight is 231 g/mol. The number of carboxylic acids is 1. The molecular weight excluding hydrogens is 210 g/mol. The van der Waals surface area contributed by atoms with Gasteiger partial charge in [-0.25, -0.2) is 0 Å². The fraction of sp³-hybridized carbons (Fsp3) is 0.727. The Bertz CT molecular complexity index is 218. The summed E-state index contributed by atoms with van der Waals surface area (Å²) in [7, 11) is 0. The fourth-order valence-corrected chi connectivity index (χ4v) is 1.33. The van der Waals surface area contributed by atoms with Crippen molar-refractivity contribution in [3.05, 3.63) is 12.7 Å². The van der Waals surface area contributed by atoms with Gasteiger partial charge in [0.1, 0.15) is 0 Å². The summed E-state index contributed by atoms with van der Waals surface area (Å²) in [5.74, 6) is -0.681. The molecule has 94 valence electrons. The lowest BCUT2D eigenvalue weighted by Gasteiger charge is -2.24. The molecule has 0 rings (SSSR count). The minimum Gasteiger partial charge on any atom is -0.481 e. The van der Waals surface area contributed by atoms with Crippen LogP contribution in [-0.2, 0) is 9.63 Å². The second-order valence-corrected chi connectivity index (χ2v) is 4.12. The third-order valence-corrected chi connectivity index (χ3v) is 2.01. The molecule has 0 aliphatic heterocycles. The first-order valence-corrected chi connectivity index (χ1v) is 5.35. The zero-order valence-corrected chi connectivity index (χ0v) is 9.85. The summed E-state index contributed by atoms with van der Waals surface area (Å²) in [6, 6.07) is -0.379. The van der Waals surface area contributed by atoms with Crippen LogP contribution in [0.25, 0.3) is 0 Å². The Kier molecular flexibility index (Phi) is 7.80. The Hall–Kier alpha value is -0.910. The number of aliphatic carboxylic acids is 1. The van der Waals surface area contributed by atoms with E-state index in [4.69, 9.17) is 9.94 Å². The maximum absolute atomic E-state index is 10.5. The molecule has 5 nitrogen and oxygen atoms in total. The highest BCUT2D eigenvalue weighted by Gasteiger charge is 2.22. The van der Waals surface area contributed by atoms with Crippen LogP contribution >= 0.6 is 0 Å². The first-order chi connectivity index (χ1) is 7.47. The number of rotatable bonds is 9. The number of hydroxylamine groups is 1. The van der Waals surface area contributed by atoms with E-state index in [9.17, 15) is 9.90 Å². The highest BCUT2D eigenvalue weighted by Crippen LogP contribution is 2.11. The second kappa shape index (κ2) is 8.27. The first kappa shape index (κ1) is 15.1. The minimum absolute atomic E-state index is 0.290. The van der Waals surface area contributed by atoms with Gasteiger partial charge in [0, 0.05) is 0 Å². The Morgan fingerprint density at radius 2 is 2.19 bits per heavy atom. The Labute approximate surface area is 96.1 Å². The van der Waals surface area contributed by atoms with Crippen molar-refractivity contribution >= 4 is 5.97 Å². The highest BCUT2D eigenvalue weighted by atomic mass is 16.6. The number of hydrogen-bond donors (Lipinski definition) is 3. The van der Waals surface area contributed by atoms with Crippen molar-refractivity contribution in [3.8, 4) is 0 Å². The number of carboxylic acid groups (broad SMARTS) is 1. The maximum atomic E-state index is 10.5. The molecule has 16 heavy (non-hydrogen) atoms. The van der Waals surface area contributed by atoms with Crippen molar-refractivity contribution in [3.63, 3.8) is 0 Å². The molecule has 2 atom stereocenters. The van der Waals surface area contributed by atoms with E-state index < -0.39 is 12.1 Å². The Balaban J connectivity index is 4.16. The zero-order valence-electron chi connectivity index (χ0n) is 9.85. The van der Waals surface area contributed by atoms with Crippen molar-refractivity contribution in [1.29, 1.82) is 0 Å². The van der Waals surface area contributed by atoms with Crippen LogP contribution in [-0.4, -0.2) is 34.9 Å². The summed E-state index contributed by atoms with van der Waals surface area (Å²) in [6.07, 6.45) is 0.973. The monoisotopic (exact) mass is 231 g/mol. The molecule has 3 N–H and O–H groups in total. The van der Waals surface area contributed by atoms with Crippen LogP contribution in [0.1, 0.15) is 26.7 Å². The van der Waals surface area contributed by atoms with Gasteiger partial charge >= 0.3 is 5.97 Å². The van der Waals surface area contributed by atoms with Crippen molar-refractivity contribution < 1.29 is 19.8 Å². The van der Waals surface area contributed by atoms with Crippen LogP contribution in [0.5, 0.6) is 0 Å². The molecule has 0 saturated carbocycles. The quantitative estimate of drug-likeness (QED) is 0.313. The van der Waals surface area contributed by atoms with Crippen molar-refractivity contribution in [2.24, 2.45) is 5.92 Å². The van der Waals surface area contributed by atoms with E-state index in [0.29, 0.717) is 18.9 Å². The van der Waals surface area contributed by atoms with Crippen LogP contribution in [0.15, 0.2) is 12.7 Å². The van der Waals surface area contributed by atoms with E-state index in [2.05, 4.69) is 12.1 Å². The summed E-state index contributed by atoms with van der Waals surface area (Å²) < 4.78 is 0. The molecule has 0 spiro atoms. The number of aliphatic hydroxyl groups excluding tert-OH is 1. The molecule has 0 aromatic heterocycles. The normalized spacial score (nSPS) is 14.8. The SMILES string of the molecule is C=CCON[C@@H](CC(C)C)[C@@H](O)CC(=O)O. The van der Waals surface area contributed by atoms with Gasteiger partial charge in [-0.15, -0.1) is 6.58 Å². The van der Waals surface area contributed by atoms with Gasteiger partial charge in [0.15, 0.2) is 0 Å². The number of nitrogens with one attached hydrogen (secondary N) is 1. The Morgan fingerprint density at radius 1 is 1.56 bits per heavy atom. The predicted octanol–water partition coefficient (Wildman–Crippen LogP) is 0.944. The molecule has 0 heterocycles. The van der Waals surface area contributed by atoms with Crippen LogP contribution in [0, 0.1) is 5.92 Å². The van der Waals surface area contributed by atoms with Gasteiger partial charge < -0.3 is 10.2 Å². The van der Waals surface area contributed by atoms with E-state index >= 15 is 0 Å². The topological polar surface area (TPSA) is 78.8 Å². The zero-order chi connectivity index (χ0) is 12.6. The molecule has 0 aromatic rings. The molecule has 0 amide bonds. The van der Waals surface area contributed by atoms with Gasteiger partial charge in [0.25, 0.3) is 0 Å². The van der Waals surface area contributed by atoms with Crippen LogP contribution in [0.4, 0.5) is 0 Å². The molecule has 0 fully saturated rings. The molecule has 5 heteroatoms. The van der Waals surface area contributed by atoms with Gasteiger partial charge in [0.05, 0.1) is 25.2 Å². The summed E-state index contributed by atoms with van der Waals surface area (Å²) in [5.41, 5.74) is 2.67. The summed E-state index contributed by atoms with van der Waals surface area (Å²) in [5, 5.41) is 18.3. The lowest BCUT2D eigenvalue weighted by atomic mass is 9.98. The smallest absolute Gasteiger partial charge is 0.306 e. The lowest BCUT2D eigenvalue weighted by Crippen LogP contribution is -2.42. The summed E-state index contributed by atoms with van der Waals surface area (Å²) in [4.78, 5) is 15.5. The summed E-state index contributed by atoms with van der Waals surface area (Å²) >= 11 is 0. The van der Waals surface area contributed by atoms with Gasteiger partial charge in [0.2, 0.25) is 0 Å². The van der Waals surface area contributed by atoms with Crippen LogP contribution < -0.4 is 5.48 Å². The Morgan fingerprint density at radius 3 is 2.62 bits per heavy atom. The average Bonchev–Trinajstić information content (AvgIpc) is 2.14. The number of aliphatic hydroxyl groups is 1. The van der Waals surface area contributed by atoms with E-state index in [-0.39, 0.29) is 12.5 Å². The molecule has 0 aliphatic carbocycles. The van der Waals surface area contributed by atoms with E-state index in [0.717, 1.165) is 0 Å². The largest absolute Gasteiger partial charge is 0.481 e.